The van der Waals surface area contributed by atoms with Gasteiger partial charge in [0.1, 0.15) is 11.2 Å². The molecule has 1 unspecified atom stereocenters. The highest BCUT2D eigenvalue weighted by molar-refractivity contribution is 6.41. The molecule has 4 heteroatoms. The van der Waals surface area contributed by atoms with E-state index in [1.165, 1.54) is 137 Å². The molecule has 0 saturated carbocycles. The maximum absolute atomic E-state index is 6.76. The highest BCUT2D eigenvalue weighted by Crippen LogP contribution is 2.58. The van der Waals surface area contributed by atoms with Crippen LogP contribution in [0.15, 0.2) is 403 Å². The van der Waals surface area contributed by atoms with Crippen LogP contribution in [-0.2, 0) is 6.42 Å². The molecular weight excluding hydrogens is 1440 g/mol. The van der Waals surface area contributed by atoms with Gasteiger partial charge in [0.25, 0.3) is 0 Å². The van der Waals surface area contributed by atoms with E-state index in [1.807, 2.05) is 12.1 Å². The minimum Gasteiger partial charge on any atom is -0.452 e. The van der Waals surface area contributed by atoms with Gasteiger partial charge >= 0.3 is 0 Å². The van der Waals surface area contributed by atoms with Crippen molar-refractivity contribution in [3.8, 4) is 112 Å². The Morgan fingerprint density at radius 2 is 0.546 bits per heavy atom. The Kier molecular flexibility index (Phi) is 14.8. The molecule has 1 atom stereocenters. The van der Waals surface area contributed by atoms with Crippen LogP contribution >= 0.6 is 0 Å². The summed E-state index contributed by atoms with van der Waals surface area (Å²) in [6.45, 7) is 2.36. The summed E-state index contributed by atoms with van der Waals surface area (Å²) in [5.41, 5.74) is 33.6. The van der Waals surface area contributed by atoms with Gasteiger partial charge in [-0.25, -0.2) is 0 Å². The molecule has 0 bridgehead atoms. The Morgan fingerprint density at radius 3 is 1.01 bits per heavy atom. The zero-order valence-corrected chi connectivity index (χ0v) is 65.1. The number of allylic oxidation sites excluding steroid dienone is 1. The van der Waals surface area contributed by atoms with Crippen molar-refractivity contribution in [3.63, 3.8) is 0 Å². The number of hydrogen-bond acceptors (Lipinski definition) is 2. The fourth-order valence-corrected chi connectivity index (χ4v) is 20.4. The number of rotatable bonds is 11. The van der Waals surface area contributed by atoms with Crippen molar-refractivity contribution in [2.75, 3.05) is 0 Å². The largest absolute Gasteiger partial charge is 0.452 e. The fourth-order valence-electron chi connectivity index (χ4n) is 20.4. The molecule has 1 aliphatic rings. The van der Waals surface area contributed by atoms with E-state index in [4.69, 9.17) is 8.83 Å². The Hall–Kier alpha value is -15.4. The fraction of sp³-hybridized carbons (Fsp3) is 0.0261. The van der Waals surface area contributed by atoms with Crippen LogP contribution in [0, 0.1) is 5.92 Å². The molecule has 0 N–H and O–H groups in total. The molecule has 1 aliphatic carbocycles. The van der Waals surface area contributed by atoms with Crippen molar-refractivity contribution >= 4 is 137 Å². The minimum absolute atomic E-state index is 0.392. The van der Waals surface area contributed by atoms with E-state index in [9.17, 15) is 0 Å². The van der Waals surface area contributed by atoms with Crippen LogP contribution in [0.4, 0.5) is 0 Å². The van der Waals surface area contributed by atoms with E-state index in [2.05, 4.69) is 404 Å². The summed E-state index contributed by atoms with van der Waals surface area (Å²) in [6, 6.07) is 145. The van der Waals surface area contributed by atoms with Crippen LogP contribution in [0.5, 0.6) is 0 Å². The molecule has 0 spiro atoms. The lowest BCUT2D eigenvalue weighted by atomic mass is 9.74. The molecule has 119 heavy (non-hydrogen) atoms. The quantitative estimate of drug-likeness (QED) is 0.0956. The number of fused-ring (bicyclic) bond motifs is 19. The van der Waals surface area contributed by atoms with Crippen molar-refractivity contribution in [1.82, 2.24) is 9.13 Å². The summed E-state index contributed by atoms with van der Waals surface area (Å²) in [6.07, 6.45) is 5.81. The Labute approximate surface area is 686 Å². The van der Waals surface area contributed by atoms with Gasteiger partial charge in [0, 0.05) is 54.5 Å². The lowest BCUT2D eigenvalue weighted by molar-refractivity contribution is 0.633. The number of hydrogen-bond donors (Lipinski definition) is 0. The van der Waals surface area contributed by atoms with E-state index < -0.39 is 0 Å². The minimum atomic E-state index is 0.392. The number of furan rings is 2. The molecule has 0 amide bonds. The maximum Gasteiger partial charge on any atom is 0.178 e. The average Bonchev–Trinajstić information content (AvgIpc) is 0.817. The normalized spacial score (nSPS) is 13.1. The van der Waals surface area contributed by atoms with Gasteiger partial charge in [-0.3, -0.25) is 0 Å². The molecule has 4 aromatic heterocycles. The van der Waals surface area contributed by atoms with E-state index in [-0.39, 0.29) is 0 Å². The lowest BCUT2D eigenvalue weighted by Crippen LogP contribution is -2.06. The van der Waals surface area contributed by atoms with Gasteiger partial charge in [0.05, 0.1) is 22.1 Å². The van der Waals surface area contributed by atoms with Crippen molar-refractivity contribution in [2.24, 2.45) is 5.92 Å². The van der Waals surface area contributed by atoms with Crippen molar-refractivity contribution in [2.45, 2.75) is 13.3 Å². The monoisotopic (exact) mass is 1510 g/mol. The van der Waals surface area contributed by atoms with Crippen LogP contribution in [-0.4, -0.2) is 9.13 Å². The molecule has 4 nitrogen and oxygen atoms in total. The second kappa shape index (κ2) is 26.3. The predicted molar refractivity (Wildman–Crippen MR) is 502 cm³/mol. The van der Waals surface area contributed by atoms with Gasteiger partial charge in [0.2, 0.25) is 0 Å². The Balaban J connectivity index is 0.761. The average molecular weight is 1510 g/mol. The smallest absolute Gasteiger partial charge is 0.178 e. The van der Waals surface area contributed by atoms with Gasteiger partial charge in [-0.05, 0) is 270 Å². The van der Waals surface area contributed by atoms with Crippen molar-refractivity contribution in [3.05, 3.63) is 405 Å². The summed E-state index contributed by atoms with van der Waals surface area (Å²) >= 11 is 0. The van der Waals surface area contributed by atoms with E-state index in [0.717, 1.165) is 123 Å². The summed E-state index contributed by atoms with van der Waals surface area (Å²) in [5, 5.41) is 19.2. The van der Waals surface area contributed by atoms with E-state index in [0.29, 0.717) is 5.92 Å². The number of nitrogens with zero attached hydrogens (tertiary/aromatic N) is 2. The van der Waals surface area contributed by atoms with Crippen molar-refractivity contribution in [1.29, 1.82) is 0 Å². The first-order chi connectivity index (χ1) is 58.9. The first-order valence-electron chi connectivity index (χ1n) is 41.4. The third-order valence-corrected chi connectivity index (χ3v) is 25.8. The second-order valence-corrected chi connectivity index (χ2v) is 32.5. The molecule has 4 heterocycles. The molecule has 24 aromatic rings. The SMILES string of the molecule is CC1C=Cc2c(c3cccc4c5c(-c6ccc(-n7c8ccc(-c9ccccc9)cc8c8cc(-c9ccccc9)ccc87)cc6)c(-c6ccccc6)c(-c6ccc(-c7ccc8oc9c(ccc%10c%11ccccc%11oc%109)c8c7)cc6)c(-c6ccc(-n7c8ccc(-c9ccccc9)cc8c8cc(-c9ccccc9)ccc87)cc6)c5c5cccc2c5c34)C1. The zero-order chi connectivity index (χ0) is 78.1. The van der Waals surface area contributed by atoms with Crippen LogP contribution in [0.25, 0.3) is 248 Å². The molecule has 0 radical (unpaired) electrons. The molecular formula is C115H72N2O2. The first-order valence-corrected chi connectivity index (χ1v) is 41.4. The zero-order valence-electron chi connectivity index (χ0n) is 65.1. The Bertz CT molecular complexity index is 8120. The summed E-state index contributed by atoms with van der Waals surface area (Å²) < 4.78 is 18.3. The second-order valence-electron chi connectivity index (χ2n) is 32.5. The number of aromatic nitrogens is 2. The molecule has 20 aromatic carbocycles. The maximum atomic E-state index is 6.76. The molecule has 0 saturated heterocycles. The molecule has 25 rings (SSSR count). The van der Waals surface area contributed by atoms with Gasteiger partial charge in [-0.2, -0.15) is 0 Å². The van der Waals surface area contributed by atoms with Gasteiger partial charge < -0.3 is 18.0 Å². The predicted octanol–water partition coefficient (Wildman–Crippen LogP) is 31.9. The molecule has 554 valence electrons. The highest BCUT2D eigenvalue weighted by Gasteiger charge is 2.31. The first kappa shape index (κ1) is 67.0. The van der Waals surface area contributed by atoms with Gasteiger partial charge in [0.15, 0.2) is 11.2 Å². The Morgan fingerprint density at radius 1 is 0.227 bits per heavy atom. The standard InChI is InChI=1S/C115H72N2O2/c1-69-37-55-86-88-32-19-34-92-110(88)111-89(94(86)63-69)33-20-35-93(111)113-108(77-42-51-84(52-43-77)116-100-58-46-79(70-21-7-2-8-22-70)64-95(100)96-65-80(47-59-101(96)116)71-23-9-3-10-24-71)106(75-29-15-6-16-30-75)107(76-40-38-74(39-41-76)83-50-62-105-99(68-83)91-57-56-90-87-31-17-18-36-104(87)118-114(90)115(91)119-105)109(112(92)113)78-44-53-85(54-45-78)117-102-60-48-81(72-25-11-4-12-26-72)66-97(102)98-67-82(49-61-103(98)117)73-27-13-5-14-28-73/h2-62,64-69H,63H2,1H3. The highest BCUT2D eigenvalue weighted by atomic mass is 16.4. The molecule has 0 fully saturated rings. The van der Waals surface area contributed by atoms with E-state index in [1.54, 1.807) is 0 Å². The van der Waals surface area contributed by atoms with Gasteiger partial charge in [-0.15, -0.1) is 0 Å². The van der Waals surface area contributed by atoms with E-state index >= 15 is 0 Å². The number of para-hydroxylation sites is 1. The summed E-state index contributed by atoms with van der Waals surface area (Å²) in [5.74, 6) is 0.392. The topological polar surface area (TPSA) is 36.1 Å². The summed E-state index contributed by atoms with van der Waals surface area (Å²) in [7, 11) is 0. The number of benzene rings is 20. The van der Waals surface area contributed by atoms with Crippen LogP contribution < -0.4 is 0 Å². The molecule has 0 aliphatic heterocycles. The summed E-state index contributed by atoms with van der Waals surface area (Å²) in [4.78, 5) is 0. The van der Waals surface area contributed by atoms with Gasteiger partial charge in [-0.1, -0.05) is 304 Å². The van der Waals surface area contributed by atoms with Crippen LogP contribution in [0.2, 0.25) is 0 Å². The third kappa shape index (κ3) is 10.4. The van der Waals surface area contributed by atoms with Crippen molar-refractivity contribution < 1.29 is 8.83 Å². The van der Waals surface area contributed by atoms with Crippen LogP contribution in [0.3, 0.4) is 0 Å². The third-order valence-electron chi connectivity index (χ3n) is 25.8. The van der Waals surface area contributed by atoms with Crippen LogP contribution in [0.1, 0.15) is 18.1 Å². The lowest BCUT2D eigenvalue weighted by Gasteiger charge is -2.29.